The van der Waals surface area contributed by atoms with Crippen LogP contribution >= 0.6 is 0 Å². The lowest BCUT2D eigenvalue weighted by Gasteiger charge is -2.15. The highest BCUT2D eigenvalue weighted by Crippen LogP contribution is 2.34. The van der Waals surface area contributed by atoms with Crippen LogP contribution in [0.15, 0.2) is 12.1 Å². The van der Waals surface area contributed by atoms with E-state index in [0.717, 1.165) is 18.1 Å². The van der Waals surface area contributed by atoms with Crippen LogP contribution in [-0.4, -0.2) is 26.8 Å². The standard InChI is InChI=1S/C13H16O4/c1-9(4-5-14)10-6-11(8-15)13(17-3)12(7-10)16-2/h5-9H,4H2,1-3H3. The lowest BCUT2D eigenvalue weighted by atomic mass is 9.96. The molecule has 0 N–H and O–H groups in total. The smallest absolute Gasteiger partial charge is 0.171 e. The first-order valence-corrected chi connectivity index (χ1v) is 5.32. The second-order valence-corrected chi connectivity index (χ2v) is 3.77. The van der Waals surface area contributed by atoms with Crippen molar-refractivity contribution in [1.82, 2.24) is 0 Å². The highest BCUT2D eigenvalue weighted by atomic mass is 16.5. The first-order chi connectivity index (χ1) is 8.17. The minimum atomic E-state index is 0.0472. The summed E-state index contributed by atoms with van der Waals surface area (Å²) in [5.74, 6) is 0.973. The summed E-state index contributed by atoms with van der Waals surface area (Å²) in [6.07, 6.45) is 1.99. The molecule has 1 aromatic rings. The molecule has 0 aliphatic carbocycles. The van der Waals surface area contributed by atoms with Crippen LogP contribution in [0.3, 0.4) is 0 Å². The van der Waals surface area contributed by atoms with Crippen molar-refractivity contribution in [3.05, 3.63) is 23.3 Å². The molecule has 0 aliphatic rings. The minimum absolute atomic E-state index is 0.0472. The van der Waals surface area contributed by atoms with Gasteiger partial charge in [-0.1, -0.05) is 6.92 Å². The Morgan fingerprint density at radius 3 is 2.41 bits per heavy atom. The van der Waals surface area contributed by atoms with Gasteiger partial charge in [-0.15, -0.1) is 0 Å². The Kier molecular flexibility index (Phi) is 4.69. The number of aldehydes is 2. The minimum Gasteiger partial charge on any atom is -0.493 e. The number of hydrogen-bond acceptors (Lipinski definition) is 4. The van der Waals surface area contributed by atoms with E-state index < -0.39 is 0 Å². The fourth-order valence-electron chi connectivity index (χ4n) is 1.67. The van der Waals surface area contributed by atoms with Gasteiger partial charge in [0.25, 0.3) is 0 Å². The molecule has 17 heavy (non-hydrogen) atoms. The molecule has 1 aromatic carbocycles. The van der Waals surface area contributed by atoms with Gasteiger partial charge in [-0.25, -0.2) is 0 Å². The van der Waals surface area contributed by atoms with Crippen LogP contribution in [-0.2, 0) is 4.79 Å². The third-order valence-corrected chi connectivity index (χ3v) is 2.68. The lowest BCUT2D eigenvalue weighted by molar-refractivity contribution is -0.108. The largest absolute Gasteiger partial charge is 0.493 e. The number of rotatable bonds is 6. The lowest BCUT2D eigenvalue weighted by Crippen LogP contribution is -2.01. The van der Waals surface area contributed by atoms with Crippen molar-refractivity contribution in [2.45, 2.75) is 19.3 Å². The van der Waals surface area contributed by atoms with Crippen LogP contribution in [0.4, 0.5) is 0 Å². The molecule has 0 aromatic heterocycles. The van der Waals surface area contributed by atoms with E-state index in [4.69, 9.17) is 9.47 Å². The maximum absolute atomic E-state index is 11.0. The summed E-state index contributed by atoms with van der Waals surface area (Å²) in [6.45, 7) is 1.92. The molecule has 4 heteroatoms. The average Bonchev–Trinajstić information content (AvgIpc) is 2.37. The van der Waals surface area contributed by atoms with Gasteiger partial charge in [-0.3, -0.25) is 4.79 Å². The summed E-state index contributed by atoms with van der Waals surface area (Å²) < 4.78 is 10.3. The Balaban J connectivity index is 3.26. The third kappa shape index (κ3) is 2.84. The summed E-state index contributed by atoms with van der Waals surface area (Å²) in [5, 5.41) is 0. The van der Waals surface area contributed by atoms with Gasteiger partial charge >= 0.3 is 0 Å². The highest BCUT2D eigenvalue weighted by molar-refractivity contribution is 5.82. The van der Waals surface area contributed by atoms with Gasteiger partial charge < -0.3 is 14.3 Å². The molecule has 92 valence electrons. The molecule has 1 rings (SSSR count). The van der Waals surface area contributed by atoms with E-state index in [-0.39, 0.29) is 5.92 Å². The number of carbonyl (C=O) groups excluding carboxylic acids is 2. The first-order valence-electron chi connectivity index (χ1n) is 5.32. The number of hydrogen-bond donors (Lipinski definition) is 0. The molecule has 0 heterocycles. The Labute approximate surface area is 101 Å². The summed E-state index contributed by atoms with van der Waals surface area (Å²) in [7, 11) is 3.00. The van der Waals surface area contributed by atoms with E-state index in [1.54, 1.807) is 12.1 Å². The summed E-state index contributed by atoms with van der Waals surface area (Å²) in [6, 6.07) is 3.52. The molecule has 0 aliphatic heterocycles. The topological polar surface area (TPSA) is 52.6 Å². The van der Waals surface area contributed by atoms with Gasteiger partial charge in [0.05, 0.1) is 19.8 Å². The highest BCUT2D eigenvalue weighted by Gasteiger charge is 2.15. The molecule has 0 saturated carbocycles. The number of methoxy groups -OCH3 is 2. The number of benzene rings is 1. The van der Waals surface area contributed by atoms with E-state index in [9.17, 15) is 9.59 Å². The van der Waals surface area contributed by atoms with Gasteiger partial charge in [0.1, 0.15) is 6.29 Å². The van der Waals surface area contributed by atoms with Crippen molar-refractivity contribution in [2.24, 2.45) is 0 Å². The second kappa shape index (κ2) is 6.03. The zero-order valence-electron chi connectivity index (χ0n) is 10.2. The molecule has 0 spiro atoms. The molecule has 0 radical (unpaired) electrons. The van der Waals surface area contributed by atoms with Crippen molar-refractivity contribution in [2.75, 3.05) is 14.2 Å². The monoisotopic (exact) mass is 236 g/mol. The second-order valence-electron chi connectivity index (χ2n) is 3.77. The van der Waals surface area contributed by atoms with Crippen LogP contribution in [0.1, 0.15) is 35.2 Å². The molecular formula is C13H16O4. The molecule has 1 unspecified atom stereocenters. The Bertz CT molecular complexity index is 412. The fraction of sp³-hybridized carbons (Fsp3) is 0.385. The van der Waals surface area contributed by atoms with Crippen molar-refractivity contribution < 1.29 is 19.1 Å². The molecule has 1 atom stereocenters. The molecular weight excluding hydrogens is 220 g/mol. The Morgan fingerprint density at radius 2 is 1.94 bits per heavy atom. The quantitative estimate of drug-likeness (QED) is 0.710. The predicted octanol–water partition coefficient (Wildman–Crippen LogP) is 2.21. The van der Waals surface area contributed by atoms with Crippen molar-refractivity contribution in [1.29, 1.82) is 0 Å². The fourth-order valence-corrected chi connectivity index (χ4v) is 1.67. The third-order valence-electron chi connectivity index (χ3n) is 2.68. The van der Waals surface area contributed by atoms with Gasteiger partial charge in [0.15, 0.2) is 17.8 Å². The van der Waals surface area contributed by atoms with Crippen LogP contribution in [0.25, 0.3) is 0 Å². The number of ether oxygens (including phenoxy) is 2. The average molecular weight is 236 g/mol. The van der Waals surface area contributed by atoms with Crippen molar-refractivity contribution in [3.63, 3.8) is 0 Å². The van der Waals surface area contributed by atoms with Crippen LogP contribution in [0, 0.1) is 0 Å². The Morgan fingerprint density at radius 1 is 1.24 bits per heavy atom. The summed E-state index contributed by atoms with van der Waals surface area (Å²) in [4.78, 5) is 21.5. The van der Waals surface area contributed by atoms with Crippen molar-refractivity contribution in [3.8, 4) is 11.5 Å². The maximum atomic E-state index is 11.0. The van der Waals surface area contributed by atoms with Crippen LogP contribution in [0.5, 0.6) is 11.5 Å². The zero-order valence-corrected chi connectivity index (χ0v) is 10.2. The molecule has 4 nitrogen and oxygen atoms in total. The number of carbonyl (C=O) groups is 2. The van der Waals surface area contributed by atoms with Crippen LogP contribution < -0.4 is 9.47 Å². The SMILES string of the molecule is COc1cc(C(C)CC=O)cc(C=O)c1OC. The summed E-state index contributed by atoms with van der Waals surface area (Å²) in [5.41, 5.74) is 1.32. The van der Waals surface area contributed by atoms with E-state index >= 15 is 0 Å². The van der Waals surface area contributed by atoms with Gasteiger partial charge in [0.2, 0.25) is 0 Å². The molecule has 0 bridgehead atoms. The van der Waals surface area contributed by atoms with Gasteiger partial charge in [-0.05, 0) is 23.6 Å². The zero-order chi connectivity index (χ0) is 12.8. The molecule has 0 amide bonds. The van der Waals surface area contributed by atoms with E-state index in [1.165, 1.54) is 14.2 Å². The molecule has 0 saturated heterocycles. The predicted molar refractivity (Wildman–Crippen MR) is 64.0 cm³/mol. The van der Waals surface area contributed by atoms with Gasteiger partial charge in [-0.2, -0.15) is 0 Å². The summed E-state index contributed by atoms with van der Waals surface area (Å²) >= 11 is 0. The van der Waals surface area contributed by atoms with Crippen LogP contribution in [0.2, 0.25) is 0 Å². The normalized spacial score (nSPS) is 11.7. The van der Waals surface area contributed by atoms with Gasteiger partial charge in [0, 0.05) is 6.42 Å². The van der Waals surface area contributed by atoms with Crippen molar-refractivity contribution >= 4 is 12.6 Å². The first kappa shape index (κ1) is 13.2. The van der Waals surface area contributed by atoms with E-state index in [1.807, 2.05) is 6.92 Å². The molecule has 0 fully saturated rings. The maximum Gasteiger partial charge on any atom is 0.171 e. The Hall–Kier alpha value is -1.84. The van der Waals surface area contributed by atoms with E-state index in [2.05, 4.69) is 0 Å². The van der Waals surface area contributed by atoms with E-state index in [0.29, 0.717) is 23.5 Å².